The van der Waals surface area contributed by atoms with Crippen molar-refractivity contribution in [1.82, 2.24) is 5.32 Å². The second-order valence-electron chi connectivity index (χ2n) is 5.71. The topological polar surface area (TPSA) is 58.6 Å². The van der Waals surface area contributed by atoms with Crippen LogP contribution in [0.3, 0.4) is 0 Å². The summed E-state index contributed by atoms with van der Waals surface area (Å²) in [6.07, 6.45) is 0.930. The number of amides is 2. The average molecular weight is 340 g/mol. The first-order chi connectivity index (χ1) is 12.0. The fourth-order valence-corrected chi connectivity index (χ4v) is 2.54. The summed E-state index contributed by atoms with van der Waals surface area (Å²) in [6.45, 7) is 3.86. The van der Waals surface area contributed by atoms with Crippen LogP contribution in [-0.4, -0.2) is 25.5 Å². The highest BCUT2D eigenvalue weighted by molar-refractivity contribution is 5.97. The number of nitrogens with zero attached hydrogens (tertiary/aromatic N) is 1. The summed E-state index contributed by atoms with van der Waals surface area (Å²) < 4.78 is 5.27. The number of nitrogens with one attached hydrogen (secondary N) is 1. The van der Waals surface area contributed by atoms with Crippen LogP contribution in [0.25, 0.3) is 0 Å². The molecule has 0 aromatic heterocycles. The maximum Gasteiger partial charge on any atom is 0.240 e. The number of aryl methyl sites for hydroxylation is 1. The van der Waals surface area contributed by atoms with E-state index in [0.29, 0.717) is 6.54 Å². The molecular weight excluding hydrogens is 316 g/mol. The molecule has 0 spiro atoms. The monoisotopic (exact) mass is 340 g/mol. The first-order valence-electron chi connectivity index (χ1n) is 8.30. The molecule has 0 aliphatic heterocycles. The molecule has 0 radical (unpaired) electrons. The Bertz CT molecular complexity index is 726. The predicted molar refractivity (Wildman–Crippen MR) is 98.7 cm³/mol. The van der Waals surface area contributed by atoms with Crippen LogP contribution in [0, 0.1) is 0 Å². The third-order valence-corrected chi connectivity index (χ3v) is 4.01. The van der Waals surface area contributed by atoms with Crippen molar-refractivity contribution in [3.8, 4) is 5.75 Å². The fraction of sp³-hybridized carbons (Fsp3) is 0.300. The number of rotatable bonds is 7. The SMILES string of the molecule is CCc1ccc(N(CC(=O)NCc2ccccc2OC)C(C)=O)cc1. The van der Waals surface area contributed by atoms with Gasteiger partial charge in [-0.05, 0) is 30.2 Å². The van der Waals surface area contributed by atoms with E-state index >= 15 is 0 Å². The second kappa shape index (κ2) is 8.87. The lowest BCUT2D eigenvalue weighted by Gasteiger charge is -2.21. The molecule has 1 N–H and O–H groups in total. The Morgan fingerprint density at radius 3 is 2.36 bits per heavy atom. The summed E-state index contributed by atoms with van der Waals surface area (Å²) in [7, 11) is 1.60. The zero-order valence-corrected chi connectivity index (χ0v) is 14.9. The number of hydrogen-bond donors (Lipinski definition) is 1. The van der Waals surface area contributed by atoms with Gasteiger partial charge in [0.2, 0.25) is 11.8 Å². The van der Waals surface area contributed by atoms with Crippen LogP contribution in [0.1, 0.15) is 25.0 Å². The third kappa shape index (κ3) is 5.08. The number of anilines is 1. The summed E-state index contributed by atoms with van der Waals surface area (Å²) in [6, 6.07) is 15.2. The van der Waals surface area contributed by atoms with Gasteiger partial charge in [0.15, 0.2) is 0 Å². The molecule has 0 unspecified atom stereocenters. The van der Waals surface area contributed by atoms with E-state index in [4.69, 9.17) is 4.74 Å². The highest BCUT2D eigenvalue weighted by atomic mass is 16.5. The van der Waals surface area contributed by atoms with Gasteiger partial charge in [0.05, 0.1) is 7.11 Å². The van der Waals surface area contributed by atoms with Crippen LogP contribution in [0.15, 0.2) is 48.5 Å². The number of para-hydroxylation sites is 1. The minimum absolute atomic E-state index is 0.0179. The number of ether oxygens (including phenoxy) is 1. The second-order valence-corrected chi connectivity index (χ2v) is 5.71. The molecule has 0 aliphatic carbocycles. The van der Waals surface area contributed by atoms with Crippen LogP contribution < -0.4 is 15.0 Å². The number of benzene rings is 2. The van der Waals surface area contributed by atoms with Gasteiger partial charge < -0.3 is 15.0 Å². The summed E-state index contributed by atoms with van der Waals surface area (Å²) in [4.78, 5) is 25.7. The van der Waals surface area contributed by atoms with Crippen molar-refractivity contribution in [3.05, 3.63) is 59.7 Å². The Hall–Kier alpha value is -2.82. The molecule has 2 aromatic carbocycles. The molecule has 0 saturated heterocycles. The maximum atomic E-state index is 12.3. The number of carbonyl (C=O) groups excluding carboxylic acids is 2. The first-order valence-corrected chi connectivity index (χ1v) is 8.30. The van der Waals surface area contributed by atoms with Gasteiger partial charge in [-0.2, -0.15) is 0 Å². The number of hydrogen-bond acceptors (Lipinski definition) is 3. The highest BCUT2D eigenvalue weighted by Gasteiger charge is 2.16. The molecule has 0 atom stereocenters. The predicted octanol–water partition coefficient (Wildman–Crippen LogP) is 2.93. The van der Waals surface area contributed by atoms with Gasteiger partial charge in [0.1, 0.15) is 12.3 Å². The van der Waals surface area contributed by atoms with Crippen LogP contribution in [0.2, 0.25) is 0 Å². The van der Waals surface area contributed by atoms with E-state index in [1.807, 2.05) is 48.5 Å². The van der Waals surface area contributed by atoms with Gasteiger partial charge in [0.25, 0.3) is 0 Å². The van der Waals surface area contributed by atoms with Crippen LogP contribution in [0.4, 0.5) is 5.69 Å². The molecule has 5 heteroatoms. The van der Waals surface area contributed by atoms with E-state index < -0.39 is 0 Å². The molecule has 2 rings (SSSR count). The Kier molecular flexibility index (Phi) is 6.57. The largest absolute Gasteiger partial charge is 0.496 e. The molecule has 2 amide bonds. The van der Waals surface area contributed by atoms with Crippen LogP contribution >= 0.6 is 0 Å². The van der Waals surface area contributed by atoms with Crippen molar-refractivity contribution in [2.75, 3.05) is 18.6 Å². The number of carbonyl (C=O) groups is 2. The zero-order valence-electron chi connectivity index (χ0n) is 14.9. The van der Waals surface area contributed by atoms with E-state index in [1.54, 1.807) is 7.11 Å². The van der Waals surface area contributed by atoms with Gasteiger partial charge in [-0.3, -0.25) is 9.59 Å². The summed E-state index contributed by atoms with van der Waals surface area (Å²) >= 11 is 0. The molecular formula is C20H24N2O3. The molecule has 0 heterocycles. The highest BCUT2D eigenvalue weighted by Crippen LogP contribution is 2.18. The van der Waals surface area contributed by atoms with E-state index in [0.717, 1.165) is 23.4 Å². The standard InChI is InChI=1S/C20H24N2O3/c1-4-16-9-11-18(12-10-16)22(15(2)23)14-20(24)21-13-17-7-5-6-8-19(17)25-3/h5-12H,4,13-14H2,1-3H3,(H,21,24). The van der Waals surface area contributed by atoms with E-state index in [9.17, 15) is 9.59 Å². The van der Waals surface area contributed by atoms with Crippen molar-refractivity contribution in [3.63, 3.8) is 0 Å². The van der Waals surface area contributed by atoms with E-state index in [2.05, 4.69) is 12.2 Å². The third-order valence-electron chi connectivity index (χ3n) is 4.01. The van der Waals surface area contributed by atoms with Crippen molar-refractivity contribution in [1.29, 1.82) is 0 Å². The Morgan fingerprint density at radius 2 is 1.76 bits per heavy atom. The summed E-state index contributed by atoms with van der Waals surface area (Å²) in [5.74, 6) is 0.332. The van der Waals surface area contributed by atoms with Gasteiger partial charge in [-0.1, -0.05) is 37.3 Å². The lowest BCUT2D eigenvalue weighted by molar-refractivity contribution is -0.123. The summed E-state index contributed by atoms with van der Waals surface area (Å²) in [5, 5.41) is 2.84. The van der Waals surface area contributed by atoms with Crippen LogP contribution in [-0.2, 0) is 22.6 Å². The zero-order chi connectivity index (χ0) is 18.2. The Morgan fingerprint density at radius 1 is 1.08 bits per heavy atom. The quantitative estimate of drug-likeness (QED) is 0.843. The first kappa shape index (κ1) is 18.5. The average Bonchev–Trinajstić information content (AvgIpc) is 2.64. The lowest BCUT2D eigenvalue weighted by atomic mass is 10.1. The van der Waals surface area contributed by atoms with Gasteiger partial charge in [-0.25, -0.2) is 0 Å². The normalized spacial score (nSPS) is 10.2. The van der Waals surface area contributed by atoms with Gasteiger partial charge in [0, 0.05) is 24.7 Å². The van der Waals surface area contributed by atoms with Crippen molar-refractivity contribution < 1.29 is 14.3 Å². The molecule has 2 aromatic rings. The minimum Gasteiger partial charge on any atom is -0.496 e. The summed E-state index contributed by atoms with van der Waals surface area (Å²) in [5.41, 5.74) is 2.80. The molecule has 0 fully saturated rings. The van der Waals surface area contributed by atoms with Gasteiger partial charge >= 0.3 is 0 Å². The van der Waals surface area contributed by atoms with E-state index in [-0.39, 0.29) is 18.4 Å². The maximum absolute atomic E-state index is 12.3. The Balaban J connectivity index is 2.01. The molecule has 132 valence electrons. The smallest absolute Gasteiger partial charge is 0.240 e. The van der Waals surface area contributed by atoms with E-state index in [1.165, 1.54) is 17.4 Å². The van der Waals surface area contributed by atoms with Crippen LogP contribution in [0.5, 0.6) is 5.75 Å². The fourth-order valence-electron chi connectivity index (χ4n) is 2.54. The minimum atomic E-state index is -0.222. The molecule has 0 saturated carbocycles. The molecule has 0 bridgehead atoms. The molecule has 0 aliphatic rings. The number of methoxy groups -OCH3 is 1. The van der Waals surface area contributed by atoms with Crippen molar-refractivity contribution >= 4 is 17.5 Å². The lowest BCUT2D eigenvalue weighted by Crippen LogP contribution is -2.39. The molecule has 5 nitrogen and oxygen atoms in total. The van der Waals surface area contributed by atoms with Crippen molar-refractivity contribution in [2.24, 2.45) is 0 Å². The molecule has 25 heavy (non-hydrogen) atoms. The van der Waals surface area contributed by atoms with Gasteiger partial charge in [-0.15, -0.1) is 0 Å². The van der Waals surface area contributed by atoms with Crippen molar-refractivity contribution in [2.45, 2.75) is 26.8 Å². The Labute approximate surface area is 148 Å².